The van der Waals surface area contributed by atoms with E-state index < -0.39 is 0 Å². The number of rotatable bonds is 3. The lowest BCUT2D eigenvalue weighted by Gasteiger charge is -2.27. The van der Waals surface area contributed by atoms with Crippen molar-refractivity contribution in [2.24, 2.45) is 0 Å². The van der Waals surface area contributed by atoms with Gasteiger partial charge in [-0.3, -0.25) is 4.79 Å². The maximum absolute atomic E-state index is 12.0. The van der Waals surface area contributed by atoms with Gasteiger partial charge < -0.3 is 9.64 Å². The summed E-state index contributed by atoms with van der Waals surface area (Å²) in [5.74, 6) is 1.85. The molecule has 1 aromatic carbocycles. The van der Waals surface area contributed by atoms with Crippen LogP contribution in [0.25, 0.3) is 6.08 Å². The first kappa shape index (κ1) is 13.7. The van der Waals surface area contributed by atoms with Crippen LogP contribution in [0.2, 0.25) is 0 Å². The monoisotopic (exact) mass is 275 g/mol. The molecule has 0 radical (unpaired) electrons. The smallest absolute Gasteiger partial charge is 0.251 e. The lowest BCUT2D eigenvalue weighted by Crippen LogP contribution is -2.31. The van der Waals surface area contributed by atoms with Crippen molar-refractivity contribution in [1.82, 2.24) is 4.90 Å². The van der Waals surface area contributed by atoms with Crippen LogP contribution >= 0.6 is 11.8 Å². The van der Waals surface area contributed by atoms with Crippen LogP contribution in [0.15, 0.2) is 41.9 Å². The Morgan fingerprint density at radius 2 is 2.16 bits per heavy atom. The summed E-state index contributed by atoms with van der Waals surface area (Å²) < 4.78 is 5.09. The van der Waals surface area contributed by atoms with Crippen molar-refractivity contribution in [2.45, 2.75) is 6.42 Å². The lowest BCUT2D eigenvalue weighted by atomic mass is 10.2. The maximum atomic E-state index is 12.0. The molecule has 2 rings (SSSR count). The molecule has 0 spiro atoms. The lowest BCUT2D eigenvalue weighted by molar-refractivity contribution is -0.123. The van der Waals surface area contributed by atoms with Gasteiger partial charge in [-0.15, -0.1) is 11.8 Å². The van der Waals surface area contributed by atoms with E-state index >= 15 is 0 Å². The van der Waals surface area contributed by atoms with Crippen LogP contribution in [0, 0.1) is 0 Å². The molecule has 1 saturated heterocycles. The quantitative estimate of drug-likeness (QED) is 0.794. The van der Waals surface area contributed by atoms with Gasteiger partial charge in [-0.1, -0.05) is 18.7 Å². The number of hydrogen-bond acceptors (Lipinski definition) is 3. The molecule has 1 aromatic rings. The minimum Gasteiger partial charge on any atom is -0.497 e. The fourth-order valence-electron chi connectivity index (χ4n) is 1.82. The van der Waals surface area contributed by atoms with E-state index in [4.69, 9.17) is 4.74 Å². The van der Waals surface area contributed by atoms with Gasteiger partial charge in [0.2, 0.25) is 0 Å². The van der Waals surface area contributed by atoms with Gasteiger partial charge in [0.15, 0.2) is 0 Å². The molecule has 1 amide bonds. The molecule has 0 saturated carbocycles. The molecule has 1 fully saturated rings. The molecular weight excluding hydrogens is 258 g/mol. The second kappa shape index (κ2) is 6.48. The minimum atomic E-state index is -0.00646. The normalized spacial score (nSPS) is 15.8. The SMILES string of the molecule is C=C1SCCCN1C(=O)/C=C/c1ccc(OC)cc1. The molecule has 1 aliphatic rings. The van der Waals surface area contributed by atoms with Gasteiger partial charge in [-0.2, -0.15) is 0 Å². The van der Waals surface area contributed by atoms with Crippen LogP contribution in [0.3, 0.4) is 0 Å². The van der Waals surface area contributed by atoms with E-state index in [0.717, 1.165) is 35.1 Å². The molecule has 0 atom stereocenters. The summed E-state index contributed by atoms with van der Waals surface area (Å²) >= 11 is 1.64. The minimum absolute atomic E-state index is 0.00646. The summed E-state index contributed by atoms with van der Waals surface area (Å²) in [5, 5.41) is 0.843. The summed E-state index contributed by atoms with van der Waals surface area (Å²) in [4.78, 5) is 13.8. The fourth-order valence-corrected chi connectivity index (χ4v) is 2.67. The van der Waals surface area contributed by atoms with E-state index in [0.29, 0.717) is 0 Å². The second-order valence-electron chi connectivity index (χ2n) is 4.19. The van der Waals surface area contributed by atoms with Crippen molar-refractivity contribution >= 4 is 23.7 Å². The number of methoxy groups -OCH3 is 1. The first-order valence-corrected chi connectivity index (χ1v) is 7.14. The van der Waals surface area contributed by atoms with Crippen LogP contribution in [0.1, 0.15) is 12.0 Å². The Balaban J connectivity index is 2.00. The van der Waals surface area contributed by atoms with Crippen LogP contribution in [0.5, 0.6) is 5.75 Å². The van der Waals surface area contributed by atoms with E-state index in [1.54, 1.807) is 29.8 Å². The van der Waals surface area contributed by atoms with Crippen LogP contribution in [-0.2, 0) is 4.79 Å². The van der Waals surface area contributed by atoms with E-state index in [1.165, 1.54) is 0 Å². The zero-order valence-electron chi connectivity index (χ0n) is 11.0. The summed E-state index contributed by atoms with van der Waals surface area (Å²) in [5.41, 5.74) is 0.976. The average Bonchev–Trinajstić information content (AvgIpc) is 2.46. The largest absolute Gasteiger partial charge is 0.497 e. The summed E-state index contributed by atoms with van der Waals surface area (Å²) in [6.07, 6.45) is 4.43. The molecule has 1 aliphatic heterocycles. The number of benzene rings is 1. The van der Waals surface area contributed by atoms with Gasteiger partial charge in [-0.05, 0) is 30.2 Å². The molecule has 0 unspecified atom stereocenters. The zero-order chi connectivity index (χ0) is 13.7. The number of thioether (sulfide) groups is 1. The van der Waals surface area contributed by atoms with Gasteiger partial charge in [0.25, 0.3) is 5.91 Å². The number of carbonyl (C=O) groups excluding carboxylic acids is 1. The Morgan fingerprint density at radius 3 is 2.79 bits per heavy atom. The average molecular weight is 275 g/mol. The molecule has 0 aromatic heterocycles. The van der Waals surface area contributed by atoms with E-state index in [9.17, 15) is 4.79 Å². The van der Waals surface area contributed by atoms with Crippen molar-refractivity contribution in [3.05, 3.63) is 47.5 Å². The number of carbonyl (C=O) groups is 1. The Morgan fingerprint density at radius 1 is 1.42 bits per heavy atom. The fraction of sp³-hybridized carbons (Fsp3) is 0.267. The molecule has 19 heavy (non-hydrogen) atoms. The summed E-state index contributed by atoms with van der Waals surface area (Å²) in [6.45, 7) is 4.67. The van der Waals surface area contributed by atoms with Gasteiger partial charge in [0.1, 0.15) is 5.75 Å². The van der Waals surface area contributed by atoms with Crippen LogP contribution in [-0.4, -0.2) is 30.2 Å². The Kier molecular flexibility index (Phi) is 4.68. The molecule has 0 bridgehead atoms. The van der Waals surface area contributed by atoms with E-state index in [-0.39, 0.29) is 5.91 Å². The highest BCUT2D eigenvalue weighted by Crippen LogP contribution is 2.25. The van der Waals surface area contributed by atoms with Crippen molar-refractivity contribution in [3.8, 4) is 5.75 Å². The van der Waals surface area contributed by atoms with Crippen molar-refractivity contribution in [2.75, 3.05) is 19.4 Å². The predicted molar refractivity (Wildman–Crippen MR) is 80.0 cm³/mol. The Hall–Kier alpha value is -1.68. The van der Waals surface area contributed by atoms with Gasteiger partial charge >= 0.3 is 0 Å². The number of nitrogens with zero attached hydrogens (tertiary/aromatic N) is 1. The summed E-state index contributed by atoms with van der Waals surface area (Å²) in [7, 11) is 1.63. The topological polar surface area (TPSA) is 29.5 Å². The third kappa shape index (κ3) is 3.64. The van der Waals surface area contributed by atoms with Gasteiger partial charge in [0, 0.05) is 18.4 Å². The predicted octanol–water partition coefficient (Wildman–Crippen LogP) is 3.15. The summed E-state index contributed by atoms with van der Waals surface area (Å²) in [6, 6.07) is 7.59. The number of ether oxygens (including phenoxy) is 1. The third-order valence-electron chi connectivity index (χ3n) is 2.90. The molecule has 1 heterocycles. The Bertz CT molecular complexity index is 493. The van der Waals surface area contributed by atoms with Crippen LogP contribution < -0.4 is 4.74 Å². The highest BCUT2D eigenvalue weighted by molar-refractivity contribution is 8.03. The molecule has 0 aliphatic carbocycles. The highest BCUT2D eigenvalue weighted by atomic mass is 32.2. The third-order valence-corrected chi connectivity index (χ3v) is 3.94. The first-order valence-electron chi connectivity index (χ1n) is 6.16. The standard InChI is InChI=1S/C15H17NO2S/c1-12-16(10-3-11-19-12)15(17)9-6-13-4-7-14(18-2)8-5-13/h4-9H,1,3,10-11H2,2H3/b9-6+. The molecule has 0 N–H and O–H groups in total. The zero-order valence-corrected chi connectivity index (χ0v) is 11.8. The highest BCUT2D eigenvalue weighted by Gasteiger charge is 2.18. The molecule has 3 nitrogen and oxygen atoms in total. The molecule has 4 heteroatoms. The van der Waals surface area contributed by atoms with Crippen molar-refractivity contribution < 1.29 is 9.53 Å². The molecular formula is C15H17NO2S. The maximum Gasteiger partial charge on any atom is 0.251 e. The van der Waals surface area contributed by atoms with E-state index in [2.05, 4.69) is 6.58 Å². The van der Waals surface area contributed by atoms with Crippen molar-refractivity contribution in [1.29, 1.82) is 0 Å². The van der Waals surface area contributed by atoms with Crippen molar-refractivity contribution in [3.63, 3.8) is 0 Å². The number of hydrogen-bond donors (Lipinski definition) is 0. The van der Waals surface area contributed by atoms with E-state index in [1.807, 2.05) is 30.3 Å². The van der Waals surface area contributed by atoms with Gasteiger partial charge in [-0.25, -0.2) is 0 Å². The van der Waals surface area contributed by atoms with Gasteiger partial charge in [0.05, 0.1) is 12.1 Å². The first-order chi connectivity index (χ1) is 9.20. The van der Waals surface area contributed by atoms with Crippen LogP contribution in [0.4, 0.5) is 0 Å². The second-order valence-corrected chi connectivity index (χ2v) is 5.36. The number of amides is 1. The molecule has 100 valence electrons. The Labute approximate surface area is 117 Å².